The van der Waals surface area contributed by atoms with E-state index in [1.54, 1.807) is 30.3 Å². The molecule has 6 heteroatoms. The van der Waals surface area contributed by atoms with Crippen molar-refractivity contribution >= 4 is 16.6 Å². The molecule has 0 radical (unpaired) electrons. The van der Waals surface area contributed by atoms with Gasteiger partial charge in [0, 0.05) is 11.1 Å². The minimum Gasteiger partial charge on any atom is -0.287 e. The standard InChI is InChI=1S/C19H11F5O/c20-18(21,13-8-10-14(11-9-13)19(22,23)24)17(25)16-7-3-5-12-4-1-2-6-15(12)16/h1-11H. The molecule has 3 aromatic carbocycles. The van der Waals surface area contributed by atoms with Crippen LogP contribution in [-0.4, -0.2) is 5.78 Å². The van der Waals surface area contributed by atoms with Crippen molar-refractivity contribution in [2.45, 2.75) is 12.1 Å². The lowest BCUT2D eigenvalue weighted by Crippen LogP contribution is -2.26. The minimum absolute atomic E-state index is 0.178. The van der Waals surface area contributed by atoms with Crippen molar-refractivity contribution in [2.24, 2.45) is 0 Å². The highest BCUT2D eigenvalue weighted by atomic mass is 19.4. The Kier molecular flexibility index (Phi) is 4.06. The molecule has 0 N–H and O–H groups in total. The number of hydrogen-bond donors (Lipinski definition) is 0. The lowest BCUT2D eigenvalue weighted by Gasteiger charge is -2.17. The third kappa shape index (κ3) is 3.12. The predicted octanol–water partition coefficient (Wildman–Crippen LogP) is 5.83. The van der Waals surface area contributed by atoms with E-state index in [-0.39, 0.29) is 5.56 Å². The van der Waals surface area contributed by atoms with Crippen molar-refractivity contribution < 1.29 is 26.7 Å². The summed E-state index contributed by atoms with van der Waals surface area (Å²) in [5.41, 5.74) is -2.01. The molecule has 3 rings (SSSR count). The van der Waals surface area contributed by atoms with Gasteiger partial charge in [0.2, 0.25) is 5.78 Å². The molecule has 0 aromatic heterocycles. The summed E-state index contributed by atoms with van der Waals surface area (Å²) >= 11 is 0. The van der Waals surface area contributed by atoms with Gasteiger partial charge in [0.15, 0.2) is 0 Å². The molecule has 25 heavy (non-hydrogen) atoms. The number of Topliss-reactive ketones (excluding diaryl/α,β-unsaturated/α-hetero) is 1. The summed E-state index contributed by atoms with van der Waals surface area (Å²) < 4.78 is 66.8. The Bertz CT molecular complexity index is 921. The number of carbonyl (C=O) groups excluding carboxylic acids is 1. The van der Waals surface area contributed by atoms with E-state index in [2.05, 4.69) is 0 Å². The van der Waals surface area contributed by atoms with Crippen LogP contribution in [0.4, 0.5) is 22.0 Å². The summed E-state index contributed by atoms with van der Waals surface area (Å²) in [4.78, 5) is 12.4. The third-order valence-electron chi connectivity index (χ3n) is 3.89. The Balaban J connectivity index is 2.03. The smallest absolute Gasteiger partial charge is 0.287 e. The quantitative estimate of drug-likeness (QED) is 0.429. The number of alkyl halides is 5. The summed E-state index contributed by atoms with van der Waals surface area (Å²) in [5, 5.41) is 0.984. The van der Waals surface area contributed by atoms with Crippen molar-refractivity contribution in [3.8, 4) is 0 Å². The van der Waals surface area contributed by atoms with E-state index in [0.29, 0.717) is 35.0 Å². The summed E-state index contributed by atoms with van der Waals surface area (Å²) in [6, 6.07) is 13.4. The maximum atomic E-state index is 14.6. The molecule has 0 spiro atoms. The SMILES string of the molecule is O=C(c1cccc2ccccc12)C(F)(F)c1ccc(C(F)(F)F)cc1. The zero-order chi connectivity index (χ0) is 18.2. The zero-order valence-electron chi connectivity index (χ0n) is 12.6. The highest BCUT2D eigenvalue weighted by Crippen LogP contribution is 2.36. The van der Waals surface area contributed by atoms with E-state index >= 15 is 0 Å². The van der Waals surface area contributed by atoms with Gasteiger partial charge in [0.1, 0.15) is 0 Å². The molecule has 3 aromatic rings. The average Bonchev–Trinajstić information content (AvgIpc) is 2.60. The largest absolute Gasteiger partial charge is 0.416 e. The van der Waals surface area contributed by atoms with Gasteiger partial charge in [-0.2, -0.15) is 22.0 Å². The van der Waals surface area contributed by atoms with E-state index < -0.39 is 29.0 Å². The Morgan fingerprint density at radius 3 is 1.88 bits per heavy atom. The van der Waals surface area contributed by atoms with Gasteiger partial charge in [-0.15, -0.1) is 0 Å². The summed E-state index contributed by atoms with van der Waals surface area (Å²) in [7, 11) is 0. The van der Waals surface area contributed by atoms with Gasteiger partial charge < -0.3 is 0 Å². The fraction of sp³-hybridized carbons (Fsp3) is 0.105. The van der Waals surface area contributed by atoms with Crippen molar-refractivity contribution in [2.75, 3.05) is 0 Å². The predicted molar refractivity (Wildman–Crippen MR) is 83.6 cm³/mol. The van der Waals surface area contributed by atoms with Crippen molar-refractivity contribution in [1.29, 1.82) is 0 Å². The zero-order valence-corrected chi connectivity index (χ0v) is 12.6. The Morgan fingerprint density at radius 1 is 0.680 bits per heavy atom. The first-order valence-electron chi connectivity index (χ1n) is 7.29. The van der Waals surface area contributed by atoms with Gasteiger partial charge in [0.05, 0.1) is 5.56 Å². The second-order valence-electron chi connectivity index (χ2n) is 5.51. The van der Waals surface area contributed by atoms with Gasteiger partial charge in [-0.25, -0.2) is 0 Å². The summed E-state index contributed by atoms with van der Waals surface area (Å²) in [6.45, 7) is 0. The van der Waals surface area contributed by atoms with Gasteiger partial charge in [-0.3, -0.25) is 4.79 Å². The van der Waals surface area contributed by atoms with E-state index in [0.717, 1.165) is 0 Å². The first-order valence-corrected chi connectivity index (χ1v) is 7.29. The molecule has 1 nitrogen and oxygen atoms in total. The van der Waals surface area contributed by atoms with E-state index in [9.17, 15) is 26.7 Å². The Hall–Kier alpha value is -2.76. The Morgan fingerprint density at radius 2 is 1.24 bits per heavy atom. The molecule has 0 saturated heterocycles. The van der Waals surface area contributed by atoms with Crippen molar-refractivity contribution in [1.82, 2.24) is 0 Å². The molecule has 0 atom stereocenters. The van der Waals surface area contributed by atoms with Crippen LogP contribution >= 0.6 is 0 Å². The van der Waals surface area contributed by atoms with Crippen LogP contribution in [0, 0.1) is 0 Å². The van der Waals surface area contributed by atoms with Crippen LogP contribution < -0.4 is 0 Å². The molecular formula is C19H11F5O. The first kappa shape index (κ1) is 17.1. The summed E-state index contributed by atoms with van der Waals surface area (Å²) in [5.74, 6) is -5.39. The molecule has 128 valence electrons. The van der Waals surface area contributed by atoms with Crippen molar-refractivity contribution in [3.63, 3.8) is 0 Å². The van der Waals surface area contributed by atoms with Gasteiger partial charge in [0.25, 0.3) is 0 Å². The van der Waals surface area contributed by atoms with Crippen molar-refractivity contribution in [3.05, 3.63) is 83.4 Å². The fourth-order valence-electron chi connectivity index (χ4n) is 2.59. The maximum Gasteiger partial charge on any atom is 0.416 e. The van der Waals surface area contributed by atoms with Crippen LogP contribution in [0.3, 0.4) is 0 Å². The molecule has 0 fully saturated rings. The van der Waals surface area contributed by atoms with E-state index in [1.807, 2.05) is 0 Å². The van der Waals surface area contributed by atoms with Gasteiger partial charge >= 0.3 is 12.1 Å². The van der Waals surface area contributed by atoms with Crippen LogP contribution in [0.1, 0.15) is 21.5 Å². The molecule has 0 amide bonds. The van der Waals surface area contributed by atoms with Crippen LogP contribution in [0.15, 0.2) is 66.7 Å². The van der Waals surface area contributed by atoms with Gasteiger partial charge in [-0.05, 0) is 22.9 Å². The first-order chi connectivity index (χ1) is 11.7. The van der Waals surface area contributed by atoms with Crippen LogP contribution in [-0.2, 0) is 12.1 Å². The maximum absolute atomic E-state index is 14.6. The molecule has 0 heterocycles. The number of carbonyl (C=O) groups is 1. The molecule has 0 unspecified atom stereocenters. The number of rotatable bonds is 3. The summed E-state index contributed by atoms with van der Waals surface area (Å²) in [6.07, 6.45) is -4.63. The van der Waals surface area contributed by atoms with Gasteiger partial charge in [-0.1, -0.05) is 54.6 Å². The Labute approximate surface area is 139 Å². The highest BCUT2D eigenvalue weighted by Gasteiger charge is 2.42. The number of benzene rings is 3. The van der Waals surface area contributed by atoms with Crippen LogP contribution in [0.5, 0.6) is 0 Å². The number of ketones is 1. The number of hydrogen-bond acceptors (Lipinski definition) is 1. The fourth-order valence-corrected chi connectivity index (χ4v) is 2.59. The van der Waals surface area contributed by atoms with E-state index in [4.69, 9.17) is 0 Å². The average molecular weight is 350 g/mol. The third-order valence-corrected chi connectivity index (χ3v) is 3.89. The number of halogens is 5. The van der Waals surface area contributed by atoms with E-state index in [1.165, 1.54) is 12.1 Å². The normalized spacial score (nSPS) is 12.4. The minimum atomic E-state index is -4.63. The van der Waals surface area contributed by atoms with Crippen LogP contribution in [0.25, 0.3) is 10.8 Å². The monoisotopic (exact) mass is 350 g/mol. The number of fused-ring (bicyclic) bond motifs is 1. The molecule has 0 aliphatic rings. The lowest BCUT2D eigenvalue weighted by molar-refractivity contribution is -0.137. The molecule has 0 bridgehead atoms. The second-order valence-corrected chi connectivity index (χ2v) is 5.51. The molecule has 0 saturated carbocycles. The van der Waals surface area contributed by atoms with Crippen LogP contribution in [0.2, 0.25) is 0 Å². The second kappa shape index (κ2) is 5.95. The topological polar surface area (TPSA) is 17.1 Å². The highest BCUT2D eigenvalue weighted by molar-refractivity contribution is 6.11. The lowest BCUT2D eigenvalue weighted by atomic mass is 9.94. The molecule has 0 aliphatic heterocycles. The molecule has 0 aliphatic carbocycles. The molecular weight excluding hydrogens is 339 g/mol.